The van der Waals surface area contributed by atoms with Crippen LogP contribution in [0.2, 0.25) is 0 Å². The van der Waals surface area contributed by atoms with E-state index in [-0.39, 0.29) is 42.0 Å². The highest BCUT2D eigenvalue weighted by Crippen LogP contribution is 2.30. The summed E-state index contributed by atoms with van der Waals surface area (Å²) in [6.45, 7) is 0.762. The monoisotopic (exact) mass is 422 g/mol. The van der Waals surface area contributed by atoms with Gasteiger partial charge in [0.1, 0.15) is 23.7 Å². The first-order valence-corrected chi connectivity index (χ1v) is 10.8. The number of fused-ring (bicyclic) bond motifs is 1. The predicted molar refractivity (Wildman–Crippen MR) is 113 cm³/mol. The second kappa shape index (κ2) is 8.69. The molecule has 3 aliphatic rings. The lowest BCUT2D eigenvalue weighted by molar-refractivity contribution is -0.128. The van der Waals surface area contributed by atoms with Crippen LogP contribution >= 0.6 is 0 Å². The van der Waals surface area contributed by atoms with E-state index in [1.54, 1.807) is 18.2 Å². The van der Waals surface area contributed by atoms with Crippen LogP contribution in [0.3, 0.4) is 0 Å². The zero-order valence-electron chi connectivity index (χ0n) is 17.2. The van der Waals surface area contributed by atoms with Crippen LogP contribution in [0.5, 0.6) is 11.5 Å². The van der Waals surface area contributed by atoms with E-state index in [0.29, 0.717) is 30.3 Å². The SMILES string of the molecule is O=C(NC1COC2C(NC(=O)C3CCC3)COC12)c1cccc(Oc2ccccc2)c1. The van der Waals surface area contributed by atoms with Crippen LogP contribution in [0.15, 0.2) is 54.6 Å². The van der Waals surface area contributed by atoms with Crippen LogP contribution in [0.25, 0.3) is 0 Å². The Hall–Kier alpha value is -2.90. The van der Waals surface area contributed by atoms with Crippen molar-refractivity contribution in [2.24, 2.45) is 5.92 Å². The lowest BCUT2D eigenvalue weighted by Crippen LogP contribution is -2.48. The average molecular weight is 422 g/mol. The zero-order chi connectivity index (χ0) is 21.2. The highest BCUT2D eigenvalue weighted by molar-refractivity contribution is 5.94. The molecule has 2 aliphatic heterocycles. The van der Waals surface area contributed by atoms with Crippen molar-refractivity contribution >= 4 is 11.8 Å². The van der Waals surface area contributed by atoms with Crippen LogP contribution in [0.1, 0.15) is 29.6 Å². The minimum Gasteiger partial charge on any atom is -0.457 e. The first-order valence-electron chi connectivity index (χ1n) is 10.8. The first-order chi connectivity index (χ1) is 15.2. The normalized spacial score (nSPS) is 27.2. The van der Waals surface area contributed by atoms with Crippen molar-refractivity contribution in [3.05, 3.63) is 60.2 Å². The largest absolute Gasteiger partial charge is 0.457 e. The highest BCUT2D eigenvalue weighted by atomic mass is 16.6. The standard InChI is InChI=1S/C24H26N2O5/c27-23(15-6-4-7-15)25-19-13-29-22-20(14-30-21(19)22)26-24(28)16-8-5-11-18(12-16)31-17-9-2-1-3-10-17/h1-3,5,8-12,15,19-22H,4,6-7,13-14H2,(H,25,27)(H,26,28). The van der Waals surface area contributed by atoms with E-state index in [1.165, 1.54) is 0 Å². The molecule has 2 aromatic carbocycles. The Morgan fingerprint density at radius 2 is 1.52 bits per heavy atom. The van der Waals surface area contributed by atoms with Gasteiger partial charge in [0.2, 0.25) is 5.91 Å². The number of carbonyl (C=O) groups excluding carboxylic acids is 2. The van der Waals surface area contributed by atoms with Crippen molar-refractivity contribution in [1.29, 1.82) is 0 Å². The van der Waals surface area contributed by atoms with Crippen molar-refractivity contribution in [3.8, 4) is 11.5 Å². The molecule has 2 saturated heterocycles. The Balaban J connectivity index is 1.19. The van der Waals surface area contributed by atoms with Gasteiger partial charge in [-0.05, 0) is 43.2 Å². The predicted octanol–water partition coefficient (Wildman–Crippen LogP) is 2.66. The van der Waals surface area contributed by atoms with Gasteiger partial charge in [0, 0.05) is 11.5 Å². The summed E-state index contributed by atoms with van der Waals surface area (Å²) in [6, 6.07) is 16.1. The third-order valence-electron chi connectivity index (χ3n) is 6.25. The zero-order valence-corrected chi connectivity index (χ0v) is 17.2. The molecule has 0 radical (unpaired) electrons. The molecular formula is C24H26N2O5. The molecule has 1 saturated carbocycles. The molecule has 4 atom stereocenters. The van der Waals surface area contributed by atoms with Crippen LogP contribution in [0.4, 0.5) is 0 Å². The van der Waals surface area contributed by atoms with Gasteiger partial charge >= 0.3 is 0 Å². The molecule has 2 N–H and O–H groups in total. The van der Waals surface area contributed by atoms with Crippen molar-refractivity contribution in [2.75, 3.05) is 13.2 Å². The van der Waals surface area contributed by atoms with Gasteiger partial charge in [0.05, 0.1) is 25.3 Å². The lowest BCUT2D eigenvalue weighted by atomic mass is 9.84. The van der Waals surface area contributed by atoms with Crippen LogP contribution < -0.4 is 15.4 Å². The van der Waals surface area contributed by atoms with Gasteiger partial charge in [-0.15, -0.1) is 0 Å². The number of nitrogens with one attached hydrogen (secondary N) is 2. The molecule has 0 spiro atoms. The van der Waals surface area contributed by atoms with Crippen LogP contribution in [0, 0.1) is 5.92 Å². The number of para-hydroxylation sites is 1. The smallest absolute Gasteiger partial charge is 0.251 e. The maximum absolute atomic E-state index is 12.8. The van der Waals surface area contributed by atoms with E-state index >= 15 is 0 Å². The minimum atomic E-state index is -0.264. The Labute approximate surface area is 181 Å². The average Bonchev–Trinajstić information content (AvgIpc) is 3.31. The van der Waals surface area contributed by atoms with Crippen LogP contribution in [-0.4, -0.2) is 49.3 Å². The van der Waals surface area contributed by atoms with Crippen molar-refractivity contribution in [3.63, 3.8) is 0 Å². The van der Waals surface area contributed by atoms with Gasteiger partial charge in [0.15, 0.2) is 0 Å². The summed E-state index contributed by atoms with van der Waals surface area (Å²) in [5.41, 5.74) is 0.504. The van der Waals surface area contributed by atoms with Gasteiger partial charge < -0.3 is 24.8 Å². The minimum absolute atomic E-state index is 0.0896. The number of rotatable bonds is 6. The molecule has 1 aliphatic carbocycles. The Morgan fingerprint density at radius 3 is 2.19 bits per heavy atom. The van der Waals surface area contributed by atoms with E-state index in [0.717, 1.165) is 19.3 Å². The number of amides is 2. The molecule has 5 rings (SSSR count). The summed E-state index contributed by atoms with van der Waals surface area (Å²) in [5.74, 6) is 1.31. The molecule has 4 unspecified atom stereocenters. The van der Waals surface area contributed by atoms with E-state index in [4.69, 9.17) is 14.2 Å². The molecule has 2 heterocycles. The molecule has 3 fully saturated rings. The topological polar surface area (TPSA) is 85.9 Å². The molecule has 7 nitrogen and oxygen atoms in total. The second-order valence-corrected chi connectivity index (χ2v) is 8.36. The summed E-state index contributed by atoms with van der Waals surface area (Å²) in [5, 5.41) is 6.09. The van der Waals surface area contributed by atoms with E-state index in [2.05, 4.69) is 10.6 Å². The highest BCUT2D eigenvalue weighted by Gasteiger charge is 2.49. The fourth-order valence-electron chi connectivity index (χ4n) is 4.29. The molecule has 7 heteroatoms. The van der Waals surface area contributed by atoms with Crippen molar-refractivity contribution < 1.29 is 23.8 Å². The summed E-state index contributed by atoms with van der Waals surface area (Å²) in [7, 11) is 0. The van der Waals surface area contributed by atoms with Gasteiger partial charge in [-0.25, -0.2) is 0 Å². The third kappa shape index (κ3) is 4.29. The number of hydrogen-bond donors (Lipinski definition) is 2. The van der Waals surface area contributed by atoms with E-state index in [9.17, 15) is 9.59 Å². The molecule has 2 aromatic rings. The Morgan fingerprint density at radius 1 is 0.839 bits per heavy atom. The van der Waals surface area contributed by atoms with Gasteiger partial charge in [-0.3, -0.25) is 9.59 Å². The number of carbonyl (C=O) groups is 2. The fraction of sp³-hybridized carbons (Fsp3) is 0.417. The summed E-state index contributed by atoms with van der Waals surface area (Å²) in [6.07, 6.45) is 2.54. The lowest BCUT2D eigenvalue weighted by Gasteiger charge is -2.27. The van der Waals surface area contributed by atoms with E-state index < -0.39 is 0 Å². The molecule has 162 valence electrons. The van der Waals surface area contributed by atoms with Gasteiger partial charge in [-0.2, -0.15) is 0 Å². The van der Waals surface area contributed by atoms with Crippen LogP contribution in [-0.2, 0) is 14.3 Å². The second-order valence-electron chi connectivity index (χ2n) is 8.36. The first kappa shape index (κ1) is 20.0. The number of ether oxygens (including phenoxy) is 3. The molecular weight excluding hydrogens is 396 g/mol. The van der Waals surface area contributed by atoms with E-state index in [1.807, 2.05) is 36.4 Å². The molecule has 0 aromatic heterocycles. The summed E-state index contributed by atoms with van der Waals surface area (Å²) < 4.78 is 17.6. The molecule has 2 amide bonds. The summed E-state index contributed by atoms with van der Waals surface area (Å²) in [4.78, 5) is 25.1. The molecule has 0 bridgehead atoms. The Bertz CT molecular complexity index is 946. The van der Waals surface area contributed by atoms with Crippen molar-refractivity contribution in [2.45, 2.75) is 43.6 Å². The van der Waals surface area contributed by atoms with Crippen molar-refractivity contribution in [1.82, 2.24) is 10.6 Å². The number of benzene rings is 2. The molecule has 31 heavy (non-hydrogen) atoms. The summed E-state index contributed by atoms with van der Waals surface area (Å²) >= 11 is 0. The maximum Gasteiger partial charge on any atom is 0.251 e. The van der Waals surface area contributed by atoms with Gasteiger partial charge in [-0.1, -0.05) is 30.7 Å². The Kier molecular flexibility index (Phi) is 5.61. The number of hydrogen-bond acceptors (Lipinski definition) is 5. The fourth-order valence-corrected chi connectivity index (χ4v) is 4.29. The third-order valence-corrected chi connectivity index (χ3v) is 6.25. The quantitative estimate of drug-likeness (QED) is 0.748. The maximum atomic E-state index is 12.8. The van der Waals surface area contributed by atoms with Gasteiger partial charge in [0.25, 0.3) is 5.91 Å².